The van der Waals surface area contributed by atoms with E-state index < -0.39 is 5.91 Å². The zero-order valence-corrected chi connectivity index (χ0v) is 14.4. The minimum Gasteiger partial charge on any atom is -0.336 e. The normalized spacial score (nSPS) is 23.7. The minimum atomic E-state index is -0.408. The van der Waals surface area contributed by atoms with Gasteiger partial charge in [0.2, 0.25) is 0 Å². The molecule has 5 nitrogen and oxygen atoms in total. The highest BCUT2D eigenvalue weighted by molar-refractivity contribution is 6.22. The monoisotopic (exact) mass is 340 g/mol. The third-order valence-electron chi connectivity index (χ3n) is 5.95. The van der Waals surface area contributed by atoms with E-state index in [1.807, 2.05) is 4.90 Å². The summed E-state index contributed by atoms with van der Waals surface area (Å²) in [5, 5.41) is 2.28. The zero-order chi connectivity index (χ0) is 17.4. The maximum absolute atomic E-state index is 13.0. The number of carbonyl (C=O) groups excluding carboxylic acids is 3. The van der Waals surface area contributed by atoms with Crippen LogP contribution in [0.2, 0.25) is 0 Å². The predicted molar refractivity (Wildman–Crippen MR) is 93.5 cm³/mol. The highest BCUT2D eigenvalue weighted by Crippen LogP contribution is 2.33. The third-order valence-corrected chi connectivity index (χ3v) is 5.95. The van der Waals surface area contributed by atoms with Crippen LogP contribution in [0.5, 0.6) is 0 Å². The van der Waals surface area contributed by atoms with Gasteiger partial charge in [-0.2, -0.15) is 0 Å². The van der Waals surface area contributed by atoms with E-state index in [1.54, 1.807) is 18.2 Å². The number of carbonyl (C=O) groups is 3. The van der Waals surface area contributed by atoms with Crippen molar-refractivity contribution >= 4 is 17.7 Å². The smallest absolute Gasteiger partial charge is 0.258 e. The van der Waals surface area contributed by atoms with Gasteiger partial charge in [0.25, 0.3) is 17.7 Å². The van der Waals surface area contributed by atoms with Crippen molar-refractivity contribution in [3.8, 4) is 0 Å². The zero-order valence-electron chi connectivity index (χ0n) is 14.4. The Morgan fingerprint density at radius 2 is 1.76 bits per heavy atom. The summed E-state index contributed by atoms with van der Waals surface area (Å²) in [5.41, 5.74) is 1.19. The highest BCUT2D eigenvalue weighted by atomic mass is 16.2. The quantitative estimate of drug-likeness (QED) is 0.860. The number of nitrogens with one attached hydrogen (secondary N) is 1. The fourth-order valence-electron chi connectivity index (χ4n) is 4.62. The van der Waals surface area contributed by atoms with Gasteiger partial charge in [-0.15, -0.1) is 0 Å². The van der Waals surface area contributed by atoms with Crippen LogP contribution in [0.3, 0.4) is 0 Å². The molecular formula is C20H24N2O3. The second-order valence-electron chi connectivity index (χ2n) is 7.58. The van der Waals surface area contributed by atoms with Gasteiger partial charge in [0, 0.05) is 18.2 Å². The molecule has 1 aromatic rings. The second-order valence-corrected chi connectivity index (χ2v) is 7.58. The molecule has 1 saturated carbocycles. The van der Waals surface area contributed by atoms with Crippen molar-refractivity contribution in [1.82, 2.24) is 10.2 Å². The largest absolute Gasteiger partial charge is 0.336 e. The molecule has 0 radical (unpaired) electrons. The number of hydrogen-bond donors (Lipinski definition) is 1. The first-order valence-corrected chi connectivity index (χ1v) is 9.44. The highest BCUT2D eigenvalue weighted by Gasteiger charge is 2.33. The predicted octanol–water partition coefficient (Wildman–Crippen LogP) is 3.15. The van der Waals surface area contributed by atoms with Crippen LogP contribution in [-0.4, -0.2) is 35.2 Å². The van der Waals surface area contributed by atoms with Crippen LogP contribution in [0, 0.1) is 5.92 Å². The standard InChI is InChI=1S/C20H24N2O3/c23-18-16-9-8-14(12-17(16)19(24)21-18)20(25)22-10-4-7-15(22)11-13-5-2-1-3-6-13/h8-9,12-13,15H,1-7,10-11H2,(H,21,23,24)/t15-/m1/s1. The lowest BCUT2D eigenvalue weighted by molar-refractivity contribution is 0.0711. The van der Waals surface area contributed by atoms with E-state index >= 15 is 0 Å². The summed E-state index contributed by atoms with van der Waals surface area (Å²) in [6.07, 6.45) is 9.80. The van der Waals surface area contributed by atoms with Crippen LogP contribution in [0.1, 0.15) is 82.4 Å². The molecule has 3 amide bonds. The number of amides is 3. The Morgan fingerprint density at radius 3 is 2.56 bits per heavy atom. The van der Waals surface area contributed by atoms with Crippen molar-refractivity contribution in [1.29, 1.82) is 0 Å². The summed E-state index contributed by atoms with van der Waals surface area (Å²) in [4.78, 5) is 38.5. The van der Waals surface area contributed by atoms with Gasteiger partial charge >= 0.3 is 0 Å². The molecule has 5 heteroatoms. The Hall–Kier alpha value is -2.17. The molecule has 0 bridgehead atoms. The molecule has 4 rings (SSSR count). The van der Waals surface area contributed by atoms with Crippen molar-refractivity contribution in [2.24, 2.45) is 5.92 Å². The number of imide groups is 1. The number of rotatable bonds is 3. The summed E-state index contributed by atoms with van der Waals surface area (Å²) < 4.78 is 0. The maximum atomic E-state index is 13.0. The van der Waals surface area contributed by atoms with E-state index in [0.29, 0.717) is 22.7 Å². The van der Waals surface area contributed by atoms with E-state index in [-0.39, 0.29) is 11.8 Å². The molecule has 2 heterocycles. The van der Waals surface area contributed by atoms with E-state index in [2.05, 4.69) is 5.32 Å². The first kappa shape index (κ1) is 16.3. The van der Waals surface area contributed by atoms with Crippen molar-refractivity contribution < 1.29 is 14.4 Å². The summed E-state index contributed by atoms with van der Waals surface area (Å²) in [7, 11) is 0. The van der Waals surface area contributed by atoms with Gasteiger partial charge in [0.1, 0.15) is 0 Å². The first-order valence-electron chi connectivity index (χ1n) is 9.44. The van der Waals surface area contributed by atoms with Gasteiger partial charge in [-0.05, 0) is 43.4 Å². The molecule has 25 heavy (non-hydrogen) atoms. The van der Waals surface area contributed by atoms with E-state index in [9.17, 15) is 14.4 Å². The molecule has 3 aliphatic rings. The first-order chi connectivity index (χ1) is 12.1. The molecular weight excluding hydrogens is 316 g/mol. The third kappa shape index (κ3) is 3.08. The van der Waals surface area contributed by atoms with Crippen LogP contribution in [0.25, 0.3) is 0 Å². The van der Waals surface area contributed by atoms with Crippen LogP contribution < -0.4 is 5.32 Å². The molecule has 1 aromatic carbocycles. The van der Waals surface area contributed by atoms with Crippen LogP contribution in [0.15, 0.2) is 18.2 Å². The summed E-state index contributed by atoms with van der Waals surface area (Å²) >= 11 is 0. The van der Waals surface area contributed by atoms with Crippen molar-refractivity contribution in [2.75, 3.05) is 6.54 Å². The molecule has 1 aliphatic carbocycles. The maximum Gasteiger partial charge on any atom is 0.258 e. The Bertz CT molecular complexity index is 722. The Morgan fingerprint density at radius 1 is 1.00 bits per heavy atom. The molecule has 1 atom stereocenters. The Balaban J connectivity index is 1.51. The van der Waals surface area contributed by atoms with Gasteiger partial charge in [-0.3, -0.25) is 19.7 Å². The van der Waals surface area contributed by atoms with Crippen molar-refractivity contribution in [3.05, 3.63) is 34.9 Å². The van der Waals surface area contributed by atoms with Crippen LogP contribution >= 0.6 is 0 Å². The summed E-state index contributed by atoms with van der Waals surface area (Å²) in [6, 6.07) is 5.16. The number of nitrogens with zero attached hydrogens (tertiary/aromatic N) is 1. The van der Waals surface area contributed by atoms with E-state index in [4.69, 9.17) is 0 Å². The molecule has 0 unspecified atom stereocenters. The average Bonchev–Trinajstić information content (AvgIpc) is 3.20. The lowest BCUT2D eigenvalue weighted by Gasteiger charge is -2.30. The van der Waals surface area contributed by atoms with Crippen LogP contribution in [0.4, 0.5) is 0 Å². The van der Waals surface area contributed by atoms with Gasteiger partial charge in [0.15, 0.2) is 0 Å². The van der Waals surface area contributed by atoms with Gasteiger partial charge in [-0.25, -0.2) is 0 Å². The van der Waals surface area contributed by atoms with Gasteiger partial charge in [0.05, 0.1) is 11.1 Å². The lowest BCUT2D eigenvalue weighted by Crippen LogP contribution is -2.37. The fourth-order valence-corrected chi connectivity index (χ4v) is 4.62. The molecule has 1 N–H and O–H groups in total. The van der Waals surface area contributed by atoms with Gasteiger partial charge < -0.3 is 4.90 Å². The number of hydrogen-bond acceptors (Lipinski definition) is 3. The number of likely N-dealkylation sites (tertiary alicyclic amines) is 1. The SMILES string of the molecule is O=C1NC(=O)c2cc(C(=O)N3CCC[C@@H]3CC3CCCCC3)ccc21. The molecule has 1 saturated heterocycles. The van der Waals surface area contributed by atoms with E-state index in [1.165, 1.54) is 32.1 Å². The van der Waals surface area contributed by atoms with Crippen LogP contribution in [-0.2, 0) is 0 Å². The summed E-state index contributed by atoms with van der Waals surface area (Å²) in [5.74, 6) is -0.0472. The minimum absolute atomic E-state index is 0.00624. The van der Waals surface area contributed by atoms with Crippen molar-refractivity contribution in [3.63, 3.8) is 0 Å². The topological polar surface area (TPSA) is 66.5 Å². The van der Waals surface area contributed by atoms with Gasteiger partial charge in [-0.1, -0.05) is 32.1 Å². The Labute approximate surface area is 147 Å². The Kier molecular flexibility index (Phi) is 4.32. The summed E-state index contributed by atoms with van der Waals surface area (Å²) in [6.45, 7) is 0.790. The molecule has 0 spiro atoms. The van der Waals surface area contributed by atoms with E-state index in [0.717, 1.165) is 31.7 Å². The number of fused-ring (bicyclic) bond motifs is 1. The molecule has 132 valence electrons. The molecule has 0 aromatic heterocycles. The molecule has 2 aliphatic heterocycles. The molecule has 2 fully saturated rings. The second kappa shape index (κ2) is 6.62. The lowest BCUT2D eigenvalue weighted by atomic mass is 9.84. The number of benzene rings is 1. The van der Waals surface area contributed by atoms with Crippen molar-refractivity contribution in [2.45, 2.75) is 57.4 Å². The average molecular weight is 340 g/mol. The fraction of sp³-hybridized carbons (Fsp3) is 0.550.